The van der Waals surface area contributed by atoms with Crippen LogP contribution in [0.4, 0.5) is 0 Å². The third-order valence-corrected chi connectivity index (χ3v) is 6.01. The lowest BCUT2D eigenvalue weighted by atomic mass is 9.48. The van der Waals surface area contributed by atoms with Crippen LogP contribution >= 0.6 is 11.6 Å². The Balaban J connectivity index is 1.78. The maximum Gasteiger partial charge on any atom is 0.0406 e. The van der Waals surface area contributed by atoms with Crippen molar-refractivity contribution in [1.29, 1.82) is 0 Å². The van der Waals surface area contributed by atoms with Gasteiger partial charge < -0.3 is 5.32 Å². The largest absolute Gasteiger partial charge is 0.316 e. The van der Waals surface area contributed by atoms with Gasteiger partial charge in [0, 0.05) is 17.0 Å². The van der Waals surface area contributed by atoms with Gasteiger partial charge in [0.25, 0.3) is 0 Å². The second-order valence-corrected chi connectivity index (χ2v) is 7.77. The normalized spacial score (nSPS) is 23.5. The van der Waals surface area contributed by atoms with E-state index < -0.39 is 0 Å². The van der Waals surface area contributed by atoms with Crippen LogP contribution in [0.25, 0.3) is 0 Å². The van der Waals surface area contributed by atoms with E-state index in [1.807, 2.05) is 0 Å². The van der Waals surface area contributed by atoms with Crippen molar-refractivity contribution in [2.24, 2.45) is 5.41 Å². The number of likely N-dealkylation sites (N-methyl/N-ethyl adjacent to an activating group) is 1. The summed E-state index contributed by atoms with van der Waals surface area (Å²) in [4.78, 5) is 0. The van der Waals surface area contributed by atoms with Crippen LogP contribution in [0.3, 0.4) is 0 Å². The number of hydrogen-bond acceptors (Lipinski definition) is 1. The van der Waals surface area contributed by atoms with Gasteiger partial charge in [-0.2, -0.15) is 0 Å². The van der Waals surface area contributed by atoms with Crippen molar-refractivity contribution >= 4 is 11.6 Å². The van der Waals surface area contributed by atoms with Crippen LogP contribution in [0.2, 0.25) is 5.02 Å². The molecular formula is C19H28ClN. The van der Waals surface area contributed by atoms with Crippen LogP contribution in [-0.4, -0.2) is 13.1 Å². The van der Waals surface area contributed by atoms with Crippen LogP contribution in [0, 0.1) is 5.41 Å². The Labute approximate surface area is 134 Å². The quantitative estimate of drug-likeness (QED) is 0.793. The van der Waals surface area contributed by atoms with Gasteiger partial charge in [0.15, 0.2) is 0 Å². The molecule has 1 spiro atoms. The standard InChI is InChI=1S/C19H28ClN/c1-2-21-15-19(16-7-9-17(20)10-8-16)13-18(14-19)11-5-3-4-6-12-18/h7-10,21H,2-6,11-15H2,1H3. The van der Waals surface area contributed by atoms with E-state index in [9.17, 15) is 0 Å². The minimum Gasteiger partial charge on any atom is -0.316 e. The molecular weight excluding hydrogens is 278 g/mol. The van der Waals surface area contributed by atoms with Gasteiger partial charge in [-0.3, -0.25) is 0 Å². The van der Waals surface area contributed by atoms with Gasteiger partial charge >= 0.3 is 0 Å². The van der Waals surface area contributed by atoms with Gasteiger partial charge in [-0.25, -0.2) is 0 Å². The molecule has 2 heteroatoms. The topological polar surface area (TPSA) is 12.0 Å². The van der Waals surface area contributed by atoms with Crippen LogP contribution in [0.15, 0.2) is 24.3 Å². The van der Waals surface area contributed by atoms with E-state index in [4.69, 9.17) is 11.6 Å². The fraction of sp³-hybridized carbons (Fsp3) is 0.684. The first kappa shape index (κ1) is 15.4. The van der Waals surface area contributed by atoms with E-state index in [0.29, 0.717) is 10.8 Å². The number of nitrogens with one attached hydrogen (secondary N) is 1. The van der Waals surface area contributed by atoms with Crippen molar-refractivity contribution in [3.8, 4) is 0 Å². The van der Waals surface area contributed by atoms with Gasteiger partial charge in [0.1, 0.15) is 0 Å². The van der Waals surface area contributed by atoms with Crippen molar-refractivity contribution in [2.75, 3.05) is 13.1 Å². The van der Waals surface area contributed by atoms with Crippen molar-refractivity contribution in [3.05, 3.63) is 34.9 Å². The molecule has 3 rings (SSSR count). The average Bonchev–Trinajstić information content (AvgIpc) is 2.70. The highest BCUT2D eigenvalue weighted by molar-refractivity contribution is 6.30. The van der Waals surface area contributed by atoms with Crippen molar-refractivity contribution in [2.45, 2.75) is 63.7 Å². The molecule has 0 aromatic heterocycles. The minimum absolute atomic E-state index is 0.352. The van der Waals surface area contributed by atoms with Gasteiger partial charge in [-0.05, 0) is 55.3 Å². The molecule has 2 fully saturated rings. The van der Waals surface area contributed by atoms with Crippen LogP contribution in [0.5, 0.6) is 0 Å². The molecule has 2 saturated carbocycles. The molecule has 0 aliphatic heterocycles. The Hall–Kier alpha value is -0.530. The monoisotopic (exact) mass is 305 g/mol. The summed E-state index contributed by atoms with van der Waals surface area (Å²) in [7, 11) is 0. The molecule has 0 bridgehead atoms. The van der Waals surface area contributed by atoms with Crippen molar-refractivity contribution in [1.82, 2.24) is 5.32 Å². The van der Waals surface area contributed by atoms with E-state index in [0.717, 1.165) is 18.1 Å². The Bertz CT molecular complexity index is 449. The predicted molar refractivity (Wildman–Crippen MR) is 91.0 cm³/mol. The molecule has 116 valence electrons. The lowest BCUT2D eigenvalue weighted by Gasteiger charge is -2.57. The molecule has 2 aliphatic carbocycles. The smallest absolute Gasteiger partial charge is 0.0406 e. The minimum atomic E-state index is 0.352. The lowest BCUT2D eigenvalue weighted by Crippen LogP contribution is -2.54. The molecule has 0 radical (unpaired) electrons. The van der Waals surface area contributed by atoms with Crippen LogP contribution in [-0.2, 0) is 5.41 Å². The highest BCUT2D eigenvalue weighted by atomic mass is 35.5. The number of rotatable bonds is 4. The van der Waals surface area contributed by atoms with Crippen LogP contribution in [0.1, 0.15) is 63.9 Å². The van der Waals surface area contributed by atoms with Crippen molar-refractivity contribution in [3.63, 3.8) is 0 Å². The zero-order chi connectivity index (χ0) is 14.8. The first-order chi connectivity index (χ1) is 10.2. The Morgan fingerprint density at radius 2 is 1.62 bits per heavy atom. The Morgan fingerprint density at radius 1 is 1.00 bits per heavy atom. The van der Waals surface area contributed by atoms with Gasteiger partial charge in [0.2, 0.25) is 0 Å². The van der Waals surface area contributed by atoms with Gasteiger partial charge in [-0.1, -0.05) is 56.3 Å². The average molecular weight is 306 g/mol. The first-order valence-corrected chi connectivity index (χ1v) is 9.03. The summed E-state index contributed by atoms with van der Waals surface area (Å²) in [5, 5.41) is 4.46. The van der Waals surface area contributed by atoms with Crippen LogP contribution < -0.4 is 5.32 Å². The first-order valence-electron chi connectivity index (χ1n) is 8.65. The van der Waals surface area contributed by atoms with Crippen molar-refractivity contribution < 1.29 is 0 Å². The van der Waals surface area contributed by atoms with E-state index in [1.54, 1.807) is 0 Å². The molecule has 0 saturated heterocycles. The molecule has 1 aromatic rings. The third kappa shape index (κ3) is 3.14. The second-order valence-electron chi connectivity index (χ2n) is 7.34. The SMILES string of the molecule is CCNCC1(c2ccc(Cl)cc2)CC2(CCCCCC2)C1. The highest BCUT2D eigenvalue weighted by Crippen LogP contribution is 2.61. The fourth-order valence-corrected chi connectivity index (χ4v) is 4.94. The maximum atomic E-state index is 6.08. The number of hydrogen-bond donors (Lipinski definition) is 1. The zero-order valence-corrected chi connectivity index (χ0v) is 14.0. The Morgan fingerprint density at radius 3 is 2.19 bits per heavy atom. The summed E-state index contributed by atoms with van der Waals surface area (Å²) in [6.45, 7) is 4.38. The molecule has 2 aliphatic rings. The van der Waals surface area contributed by atoms with E-state index >= 15 is 0 Å². The maximum absolute atomic E-state index is 6.08. The van der Waals surface area contributed by atoms with E-state index in [2.05, 4.69) is 36.5 Å². The van der Waals surface area contributed by atoms with Gasteiger partial charge in [-0.15, -0.1) is 0 Å². The second kappa shape index (κ2) is 6.30. The molecule has 21 heavy (non-hydrogen) atoms. The summed E-state index contributed by atoms with van der Waals surface area (Å²) < 4.78 is 0. The summed E-state index contributed by atoms with van der Waals surface area (Å²) in [5.74, 6) is 0. The van der Waals surface area contributed by atoms with Gasteiger partial charge in [0.05, 0.1) is 0 Å². The molecule has 1 nitrogen and oxygen atoms in total. The molecule has 0 heterocycles. The molecule has 0 atom stereocenters. The fourth-order valence-electron chi connectivity index (χ4n) is 4.81. The predicted octanol–water partition coefficient (Wildman–Crippen LogP) is 5.32. The molecule has 1 aromatic carbocycles. The number of halogens is 1. The number of benzene rings is 1. The molecule has 0 unspecified atom stereocenters. The Kier molecular flexibility index (Phi) is 4.61. The summed E-state index contributed by atoms with van der Waals surface area (Å²) >= 11 is 6.08. The summed E-state index contributed by atoms with van der Waals surface area (Å²) in [6, 6.07) is 8.62. The molecule has 0 amide bonds. The van der Waals surface area contributed by atoms with E-state index in [-0.39, 0.29) is 0 Å². The zero-order valence-electron chi connectivity index (χ0n) is 13.3. The highest BCUT2D eigenvalue weighted by Gasteiger charge is 2.54. The lowest BCUT2D eigenvalue weighted by molar-refractivity contribution is 0.00644. The van der Waals surface area contributed by atoms with E-state index in [1.165, 1.54) is 56.9 Å². The third-order valence-electron chi connectivity index (χ3n) is 5.76. The summed E-state index contributed by atoms with van der Waals surface area (Å²) in [5.41, 5.74) is 2.49. The molecule has 1 N–H and O–H groups in total. The summed E-state index contributed by atoms with van der Waals surface area (Å²) in [6.07, 6.45) is 11.4.